The van der Waals surface area contributed by atoms with Crippen LogP contribution in [0.5, 0.6) is 0 Å². The van der Waals surface area contributed by atoms with Crippen molar-refractivity contribution in [2.75, 3.05) is 5.75 Å². The minimum atomic E-state index is -0.945. The number of hydrogen-bond acceptors (Lipinski definition) is 4. The van der Waals surface area contributed by atoms with Crippen LogP contribution in [0.2, 0.25) is 0 Å². The fraction of sp³-hybridized carbons (Fsp3) is 0.444. The Morgan fingerprint density at radius 1 is 1.64 bits per heavy atom. The van der Waals surface area contributed by atoms with Crippen LogP contribution in [-0.4, -0.2) is 27.0 Å². The standard InChI is InChI=1S/C9H12N2O2S/c1-2-3-6-14-8-7(9(12)13)4-5-10-11-8/h4-5H,2-3,6H2,1H3,(H,12,13). The Morgan fingerprint density at radius 3 is 3.07 bits per heavy atom. The third-order valence-electron chi connectivity index (χ3n) is 1.65. The van der Waals surface area contributed by atoms with Gasteiger partial charge in [0, 0.05) is 0 Å². The Balaban J connectivity index is 2.69. The van der Waals surface area contributed by atoms with E-state index >= 15 is 0 Å². The van der Waals surface area contributed by atoms with Crippen LogP contribution < -0.4 is 0 Å². The van der Waals surface area contributed by atoms with E-state index in [4.69, 9.17) is 5.11 Å². The van der Waals surface area contributed by atoms with E-state index < -0.39 is 5.97 Å². The molecule has 4 nitrogen and oxygen atoms in total. The van der Waals surface area contributed by atoms with E-state index in [1.165, 1.54) is 24.0 Å². The van der Waals surface area contributed by atoms with Gasteiger partial charge in [0.25, 0.3) is 0 Å². The van der Waals surface area contributed by atoms with E-state index in [0.717, 1.165) is 18.6 Å². The zero-order valence-electron chi connectivity index (χ0n) is 7.93. The Hall–Kier alpha value is -1.10. The van der Waals surface area contributed by atoms with Gasteiger partial charge in [-0.25, -0.2) is 4.79 Å². The molecular formula is C9H12N2O2S. The van der Waals surface area contributed by atoms with Crippen molar-refractivity contribution in [1.29, 1.82) is 0 Å². The van der Waals surface area contributed by atoms with Crippen LogP contribution in [0.4, 0.5) is 0 Å². The third kappa shape index (κ3) is 2.99. The first-order valence-electron chi connectivity index (χ1n) is 4.43. The number of carboxylic acids is 1. The molecule has 0 bridgehead atoms. The summed E-state index contributed by atoms with van der Waals surface area (Å²) in [7, 11) is 0. The van der Waals surface area contributed by atoms with Crippen molar-refractivity contribution in [2.45, 2.75) is 24.8 Å². The highest BCUT2D eigenvalue weighted by Crippen LogP contribution is 2.20. The molecule has 1 heterocycles. The first-order chi connectivity index (χ1) is 6.75. The molecule has 0 aliphatic heterocycles. The number of unbranched alkanes of at least 4 members (excludes halogenated alkanes) is 1. The predicted octanol–water partition coefficient (Wildman–Crippen LogP) is 2.07. The van der Waals surface area contributed by atoms with Crippen LogP contribution in [0.1, 0.15) is 30.1 Å². The first kappa shape index (κ1) is 11.0. The summed E-state index contributed by atoms with van der Waals surface area (Å²) in [5.74, 6) is -0.0611. The lowest BCUT2D eigenvalue weighted by molar-refractivity contribution is 0.0692. The largest absolute Gasteiger partial charge is 0.478 e. The van der Waals surface area contributed by atoms with Crippen LogP contribution >= 0.6 is 11.8 Å². The molecule has 0 fully saturated rings. The molecule has 0 radical (unpaired) electrons. The molecule has 1 aromatic rings. The quantitative estimate of drug-likeness (QED) is 0.598. The van der Waals surface area contributed by atoms with E-state index in [9.17, 15) is 4.79 Å². The van der Waals surface area contributed by atoms with Crippen molar-refractivity contribution in [1.82, 2.24) is 10.2 Å². The molecule has 0 saturated heterocycles. The molecule has 0 atom stereocenters. The van der Waals surface area contributed by atoms with Crippen LogP contribution in [0.25, 0.3) is 0 Å². The fourth-order valence-corrected chi connectivity index (χ4v) is 1.94. The lowest BCUT2D eigenvalue weighted by Crippen LogP contribution is -2.02. The molecule has 0 spiro atoms. The fourth-order valence-electron chi connectivity index (χ4n) is 0.901. The average molecular weight is 212 g/mol. The average Bonchev–Trinajstić information content (AvgIpc) is 2.19. The Morgan fingerprint density at radius 2 is 2.43 bits per heavy atom. The van der Waals surface area contributed by atoms with Crippen LogP contribution in [0, 0.1) is 0 Å². The molecule has 0 saturated carbocycles. The molecule has 5 heteroatoms. The summed E-state index contributed by atoms with van der Waals surface area (Å²) in [6.07, 6.45) is 3.54. The van der Waals surface area contributed by atoms with Gasteiger partial charge in [-0.2, -0.15) is 5.10 Å². The number of aromatic carboxylic acids is 1. The number of aromatic nitrogens is 2. The third-order valence-corrected chi connectivity index (χ3v) is 2.72. The van der Waals surface area contributed by atoms with E-state index in [1.54, 1.807) is 0 Å². The van der Waals surface area contributed by atoms with Crippen molar-refractivity contribution in [3.8, 4) is 0 Å². The molecule has 1 N–H and O–H groups in total. The molecule has 1 aromatic heterocycles. The maximum absolute atomic E-state index is 10.8. The lowest BCUT2D eigenvalue weighted by atomic mass is 10.3. The highest BCUT2D eigenvalue weighted by Gasteiger charge is 2.10. The number of hydrogen-bond donors (Lipinski definition) is 1. The molecule has 1 rings (SSSR count). The maximum atomic E-state index is 10.8. The zero-order chi connectivity index (χ0) is 10.4. The summed E-state index contributed by atoms with van der Waals surface area (Å²) in [6.45, 7) is 2.09. The summed E-state index contributed by atoms with van der Waals surface area (Å²) >= 11 is 1.45. The van der Waals surface area contributed by atoms with E-state index in [1.807, 2.05) is 0 Å². The van der Waals surface area contributed by atoms with E-state index in [0.29, 0.717) is 5.03 Å². The summed E-state index contributed by atoms with van der Waals surface area (Å²) < 4.78 is 0. The van der Waals surface area contributed by atoms with Crippen molar-refractivity contribution in [3.63, 3.8) is 0 Å². The molecular weight excluding hydrogens is 200 g/mol. The minimum Gasteiger partial charge on any atom is -0.478 e. The summed E-state index contributed by atoms with van der Waals surface area (Å²) in [4.78, 5) is 10.8. The number of thioether (sulfide) groups is 1. The predicted molar refractivity (Wildman–Crippen MR) is 54.6 cm³/mol. The van der Waals surface area contributed by atoms with Gasteiger partial charge in [-0.05, 0) is 18.2 Å². The zero-order valence-corrected chi connectivity index (χ0v) is 8.75. The Kier molecular flexibility index (Phi) is 4.39. The number of carboxylic acid groups (broad SMARTS) is 1. The number of rotatable bonds is 5. The minimum absolute atomic E-state index is 0.237. The topological polar surface area (TPSA) is 63.1 Å². The molecule has 0 aliphatic carbocycles. The summed E-state index contributed by atoms with van der Waals surface area (Å²) in [5.41, 5.74) is 0.237. The van der Waals surface area contributed by atoms with Crippen molar-refractivity contribution in [2.24, 2.45) is 0 Å². The van der Waals surface area contributed by atoms with Crippen molar-refractivity contribution < 1.29 is 9.90 Å². The first-order valence-corrected chi connectivity index (χ1v) is 5.42. The summed E-state index contributed by atoms with van der Waals surface area (Å²) in [5, 5.41) is 16.8. The van der Waals surface area contributed by atoms with Gasteiger partial charge in [-0.3, -0.25) is 0 Å². The van der Waals surface area contributed by atoms with Gasteiger partial charge in [0.15, 0.2) is 0 Å². The second-order valence-electron chi connectivity index (χ2n) is 2.76. The molecule has 0 unspecified atom stereocenters. The normalized spacial score (nSPS) is 10.1. The molecule has 76 valence electrons. The van der Waals surface area contributed by atoms with Gasteiger partial charge in [0.2, 0.25) is 0 Å². The monoisotopic (exact) mass is 212 g/mol. The second-order valence-corrected chi connectivity index (χ2v) is 3.84. The van der Waals surface area contributed by atoms with Crippen molar-refractivity contribution >= 4 is 17.7 Å². The van der Waals surface area contributed by atoms with E-state index in [2.05, 4.69) is 17.1 Å². The van der Waals surface area contributed by atoms with Crippen LogP contribution in [-0.2, 0) is 0 Å². The van der Waals surface area contributed by atoms with Crippen LogP contribution in [0.15, 0.2) is 17.3 Å². The van der Waals surface area contributed by atoms with Gasteiger partial charge < -0.3 is 5.11 Å². The lowest BCUT2D eigenvalue weighted by Gasteiger charge is -2.01. The van der Waals surface area contributed by atoms with Gasteiger partial charge >= 0.3 is 5.97 Å². The smallest absolute Gasteiger partial charge is 0.338 e. The number of carbonyl (C=O) groups is 1. The highest BCUT2D eigenvalue weighted by molar-refractivity contribution is 7.99. The van der Waals surface area contributed by atoms with Crippen LogP contribution in [0.3, 0.4) is 0 Å². The van der Waals surface area contributed by atoms with Gasteiger partial charge in [-0.15, -0.1) is 16.9 Å². The molecule has 0 aromatic carbocycles. The molecule has 0 aliphatic rings. The maximum Gasteiger partial charge on any atom is 0.338 e. The van der Waals surface area contributed by atoms with Gasteiger partial charge in [0.05, 0.1) is 11.8 Å². The second kappa shape index (κ2) is 5.59. The van der Waals surface area contributed by atoms with Gasteiger partial charge in [0.1, 0.15) is 5.03 Å². The summed E-state index contributed by atoms with van der Waals surface area (Å²) in [6, 6.07) is 1.48. The van der Waals surface area contributed by atoms with Crippen molar-refractivity contribution in [3.05, 3.63) is 17.8 Å². The SMILES string of the molecule is CCCCSc1nnccc1C(=O)O. The number of nitrogens with zero attached hydrogens (tertiary/aromatic N) is 2. The molecule has 14 heavy (non-hydrogen) atoms. The Labute approximate surface area is 86.7 Å². The highest BCUT2D eigenvalue weighted by atomic mass is 32.2. The van der Waals surface area contributed by atoms with E-state index in [-0.39, 0.29) is 5.56 Å². The molecule has 0 amide bonds. The Bertz CT molecular complexity index is 317. The van der Waals surface area contributed by atoms with Gasteiger partial charge in [-0.1, -0.05) is 13.3 Å².